The first-order valence-corrected chi connectivity index (χ1v) is 7.26. The predicted octanol–water partition coefficient (Wildman–Crippen LogP) is 3.84. The Kier molecular flexibility index (Phi) is 4.84. The van der Waals surface area contributed by atoms with Crippen LogP contribution in [0.1, 0.15) is 30.5 Å². The van der Waals surface area contributed by atoms with Gasteiger partial charge in [0.25, 0.3) is 0 Å². The number of carbonyl (C=O) groups is 1. The van der Waals surface area contributed by atoms with E-state index in [-0.39, 0.29) is 11.9 Å². The van der Waals surface area contributed by atoms with Gasteiger partial charge in [0, 0.05) is 6.42 Å². The Morgan fingerprint density at radius 1 is 1.30 bits per heavy atom. The maximum absolute atomic E-state index is 13.1. The van der Waals surface area contributed by atoms with Crippen molar-refractivity contribution in [1.29, 1.82) is 0 Å². The second kappa shape index (κ2) is 6.61. The first-order chi connectivity index (χ1) is 9.56. The number of rotatable bonds is 5. The van der Waals surface area contributed by atoms with E-state index >= 15 is 0 Å². The maximum atomic E-state index is 13.1. The van der Waals surface area contributed by atoms with Crippen molar-refractivity contribution in [3.8, 4) is 0 Å². The summed E-state index contributed by atoms with van der Waals surface area (Å²) >= 11 is 1.60. The van der Waals surface area contributed by atoms with Crippen molar-refractivity contribution in [2.75, 3.05) is 0 Å². The van der Waals surface area contributed by atoms with Crippen LogP contribution >= 0.6 is 11.3 Å². The second-order valence-electron chi connectivity index (χ2n) is 4.59. The fourth-order valence-electron chi connectivity index (χ4n) is 1.87. The lowest BCUT2D eigenvalue weighted by molar-refractivity contribution is -0.121. The van der Waals surface area contributed by atoms with Crippen LogP contribution in [-0.2, 0) is 11.2 Å². The van der Waals surface area contributed by atoms with E-state index in [9.17, 15) is 13.6 Å². The number of thiophene rings is 1. The Labute approximate surface area is 120 Å². The van der Waals surface area contributed by atoms with Crippen LogP contribution < -0.4 is 5.32 Å². The van der Waals surface area contributed by atoms with E-state index in [1.165, 1.54) is 6.07 Å². The summed E-state index contributed by atoms with van der Waals surface area (Å²) in [6.45, 7) is 1.75. The fourth-order valence-corrected chi connectivity index (χ4v) is 2.57. The van der Waals surface area contributed by atoms with Crippen molar-refractivity contribution in [2.24, 2.45) is 0 Å². The molecule has 0 saturated heterocycles. The van der Waals surface area contributed by atoms with Crippen LogP contribution in [0.5, 0.6) is 0 Å². The number of hydrogen-bond donors (Lipinski definition) is 1. The number of halogens is 2. The highest BCUT2D eigenvalue weighted by atomic mass is 32.1. The SMILES string of the molecule is C[C@H](NC(=O)CCc1ccsc1)c1ccc(F)c(F)c1. The van der Waals surface area contributed by atoms with Crippen LogP contribution in [0, 0.1) is 11.6 Å². The molecule has 1 amide bonds. The van der Waals surface area contributed by atoms with Crippen LogP contribution in [0.4, 0.5) is 8.78 Å². The number of hydrogen-bond acceptors (Lipinski definition) is 2. The van der Waals surface area contributed by atoms with Crippen LogP contribution in [0.25, 0.3) is 0 Å². The fraction of sp³-hybridized carbons (Fsp3) is 0.267. The Bertz CT molecular complexity index is 584. The molecule has 1 aromatic carbocycles. The third-order valence-electron chi connectivity index (χ3n) is 3.04. The molecule has 0 aliphatic heterocycles. The summed E-state index contributed by atoms with van der Waals surface area (Å²) in [6, 6.07) is 5.29. The molecule has 0 radical (unpaired) electrons. The van der Waals surface area contributed by atoms with Gasteiger partial charge in [0.05, 0.1) is 6.04 Å². The molecule has 1 atom stereocenters. The van der Waals surface area contributed by atoms with Crippen molar-refractivity contribution < 1.29 is 13.6 Å². The minimum Gasteiger partial charge on any atom is -0.350 e. The van der Waals surface area contributed by atoms with E-state index in [0.29, 0.717) is 18.4 Å². The molecule has 0 bridgehead atoms. The van der Waals surface area contributed by atoms with Gasteiger partial charge in [-0.3, -0.25) is 4.79 Å². The summed E-state index contributed by atoms with van der Waals surface area (Å²) in [7, 11) is 0. The number of amides is 1. The lowest BCUT2D eigenvalue weighted by atomic mass is 10.1. The lowest BCUT2D eigenvalue weighted by Gasteiger charge is -2.14. The van der Waals surface area contributed by atoms with Crippen LogP contribution in [0.2, 0.25) is 0 Å². The van der Waals surface area contributed by atoms with Gasteiger partial charge in [0.2, 0.25) is 5.91 Å². The largest absolute Gasteiger partial charge is 0.350 e. The Hall–Kier alpha value is -1.75. The number of carbonyl (C=O) groups excluding carboxylic acids is 1. The Morgan fingerprint density at radius 2 is 2.10 bits per heavy atom. The Balaban J connectivity index is 1.88. The zero-order valence-electron chi connectivity index (χ0n) is 11.0. The third-order valence-corrected chi connectivity index (χ3v) is 3.77. The van der Waals surface area contributed by atoms with E-state index in [1.54, 1.807) is 18.3 Å². The van der Waals surface area contributed by atoms with Crippen molar-refractivity contribution in [3.05, 3.63) is 57.8 Å². The third kappa shape index (κ3) is 3.87. The molecule has 1 N–H and O–H groups in total. The van der Waals surface area contributed by atoms with Crippen LogP contribution in [0.15, 0.2) is 35.0 Å². The standard InChI is InChI=1S/C15H15F2NOS/c1-10(12-3-4-13(16)14(17)8-12)18-15(19)5-2-11-6-7-20-9-11/h3-4,6-10H,2,5H2,1H3,(H,18,19)/t10-/m0/s1. The molecular formula is C15H15F2NOS. The molecule has 0 saturated carbocycles. The first-order valence-electron chi connectivity index (χ1n) is 6.31. The highest BCUT2D eigenvalue weighted by molar-refractivity contribution is 7.07. The number of benzene rings is 1. The topological polar surface area (TPSA) is 29.1 Å². The van der Waals surface area contributed by atoms with E-state index in [1.807, 2.05) is 16.8 Å². The summed E-state index contributed by atoms with van der Waals surface area (Å²) < 4.78 is 26.0. The van der Waals surface area contributed by atoms with Gasteiger partial charge in [-0.15, -0.1) is 0 Å². The molecule has 106 valence electrons. The predicted molar refractivity (Wildman–Crippen MR) is 75.6 cm³/mol. The van der Waals surface area contributed by atoms with E-state index in [2.05, 4.69) is 5.32 Å². The molecule has 2 rings (SSSR count). The highest BCUT2D eigenvalue weighted by Gasteiger charge is 2.12. The normalized spacial score (nSPS) is 12.2. The lowest BCUT2D eigenvalue weighted by Crippen LogP contribution is -2.26. The van der Waals surface area contributed by atoms with Gasteiger partial charge >= 0.3 is 0 Å². The minimum absolute atomic E-state index is 0.103. The van der Waals surface area contributed by atoms with Crippen molar-refractivity contribution in [3.63, 3.8) is 0 Å². The molecular weight excluding hydrogens is 280 g/mol. The minimum atomic E-state index is -0.901. The van der Waals surface area contributed by atoms with Gasteiger partial charge < -0.3 is 5.32 Å². The van der Waals surface area contributed by atoms with Gasteiger partial charge in [-0.05, 0) is 53.4 Å². The molecule has 20 heavy (non-hydrogen) atoms. The number of nitrogens with one attached hydrogen (secondary N) is 1. The zero-order chi connectivity index (χ0) is 14.5. The molecule has 5 heteroatoms. The molecule has 0 aliphatic rings. The van der Waals surface area contributed by atoms with Gasteiger partial charge in [-0.2, -0.15) is 11.3 Å². The average molecular weight is 295 g/mol. The molecule has 0 aliphatic carbocycles. The van der Waals surface area contributed by atoms with Crippen LogP contribution in [0.3, 0.4) is 0 Å². The summed E-state index contributed by atoms with van der Waals surface area (Å²) in [6.07, 6.45) is 1.06. The van der Waals surface area contributed by atoms with Gasteiger partial charge in [-0.25, -0.2) is 8.78 Å². The van der Waals surface area contributed by atoms with Crippen molar-refractivity contribution in [2.45, 2.75) is 25.8 Å². The van der Waals surface area contributed by atoms with Crippen molar-refractivity contribution >= 4 is 17.2 Å². The highest BCUT2D eigenvalue weighted by Crippen LogP contribution is 2.16. The van der Waals surface area contributed by atoms with E-state index in [4.69, 9.17) is 0 Å². The molecule has 2 aromatic rings. The quantitative estimate of drug-likeness (QED) is 0.892. The number of aryl methyl sites for hydroxylation is 1. The van der Waals surface area contributed by atoms with Gasteiger partial charge in [0.15, 0.2) is 11.6 Å². The summed E-state index contributed by atoms with van der Waals surface area (Å²) in [4.78, 5) is 11.8. The summed E-state index contributed by atoms with van der Waals surface area (Å²) in [5.74, 6) is -1.89. The molecule has 0 unspecified atom stereocenters. The van der Waals surface area contributed by atoms with Gasteiger partial charge in [0.1, 0.15) is 0 Å². The zero-order valence-corrected chi connectivity index (χ0v) is 11.8. The molecule has 0 fully saturated rings. The average Bonchev–Trinajstić information content (AvgIpc) is 2.92. The molecule has 1 heterocycles. The second-order valence-corrected chi connectivity index (χ2v) is 5.37. The molecule has 2 nitrogen and oxygen atoms in total. The monoisotopic (exact) mass is 295 g/mol. The van der Waals surface area contributed by atoms with Crippen molar-refractivity contribution in [1.82, 2.24) is 5.32 Å². The smallest absolute Gasteiger partial charge is 0.220 e. The Morgan fingerprint density at radius 3 is 2.75 bits per heavy atom. The molecule has 0 spiro atoms. The molecule has 1 aromatic heterocycles. The maximum Gasteiger partial charge on any atom is 0.220 e. The summed E-state index contributed by atoms with van der Waals surface area (Å²) in [5, 5.41) is 6.76. The summed E-state index contributed by atoms with van der Waals surface area (Å²) in [5.41, 5.74) is 1.68. The van der Waals surface area contributed by atoms with Gasteiger partial charge in [-0.1, -0.05) is 6.07 Å². The van der Waals surface area contributed by atoms with E-state index < -0.39 is 11.6 Å². The van der Waals surface area contributed by atoms with Crippen LogP contribution in [-0.4, -0.2) is 5.91 Å². The first kappa shape index (κ1) is 14.7. The van der Waals surface area contributed by atoms with E-state index in [0.717, 1.165) is 17.7 Å².